The van der Waals surface area contributed by atoms with Gasteiger partial charge in [-0.3, -0.25) is 0 Å². The fourth-order valence-electron chi connectivity index (χ4n) is 1.82. The highest BCUT2D eigenvalue weighted by atomic mass is 32.2. The molecule has 2 unspecified atom stereocenters. The van der Waals surface area contributed by atoms with Crippen molar-refractivity contribution in [3.8, 4) is 0 Å². The van der Waals surface area contributed by atoms with Gasteiger partial charge in [-0.1, -0.05) is 42.1 Å². The van der Waals surface area contributed by atoms with Gasteiger partial charge in [0.1, 0.15) is 11.5 Å². The molecule has 5 nitrogen and oxygen atoms in total. The number of hydrogen-bond donors (Lipinski definition) is 0. The Bertz CT molecular complexity index is 649. The van der Waals surface area contributed by atoms with E-state index in [0.717, 1.165) is 17.3 Å². The van der Waals surface area contributed by atoms with Gasteiger partial charge < -0.3 is 9.29 Å². The minimum atomic E-state index is -6.09. The Morgan fingerprint density at radius 2 is 1.92 bits per heavy atom. The van der Waals surface area contributed by atoms with Crippen molar-refractivity contribution in [3.63, 3.8) is 0 Å². The maximum atomic E-state index is 11.8. The van der Waals surface area contributed by atoms with Gasteiger partial charge in [0.2, 0.25) is 0 Å². The first-order valence-electron chi connectivity index (χ1n) is 7.07. The molecule has 1 heterocycles. The molecule has 11 heteroatoms. The molecule has 1 aliphatic heterocycles. The average Bonchev–Trinajstić information content (AvgIpc) is 2.95. The van der Waals surface area contributed by atoms with Crippen molar-refractivity contribution in [3.05, 3.63) is 35.9 Å². The standard InChI is InChI=1S/C13H17O2S2.CHF3O3S/c1-2-15-12(14)13-16-8-9-17(13)10-11-6-4-3-5-7-11;2-1(3,4)8(5,6)7/h3-7,13H,2,8-10H2,1H3;(H,5,6,7)/q+1;/p-1. The Morgan fingerprint density at radius 3 is 2.40 bits per heavy atom. The molecular formula is C14H17F3O5S3. The summed E-state index contributed by atoms with van der Waals surface area (Å²) in [6.07, 6.45) is 0. The lowest BCUT2D eigenvalue weighted by Crippen LogP contribution is -2.27. The lowest BCUT2D eigenvalue weighted by Gasteiger charge is -2.09. The predicted molar refractivity (Wildman–Crippen MR) is 91.0 cm³/mol. The lowest BCUT2D eigenvalue weighted by molar-refractivity contribution is -0.140. The van der Waals surface area contributed by atoms with E-state index >= 15 is 0 Å². The van der Waals surface area contributed by atoms with Gasteiger partial charge in [0.25, 0.3) is 4.58 Å². The molecule has 2 rings (SSSR count). The Kier molecular flexibility index (Phi) is 8.58. The highest BCUT2D eigenvalue weighted by Crippen LogP contribution is 2.31. The molecule has 0 N–H and O–H groups in total. The van der Waals surface area contributed by atoms with Gasteiger partial charge in [-0.25, -0.2) is 13.2 Å². The largest absolute Gasteiger partial charge is 0.741 e. The predicted octanol–water partition coefficient (Wildman–Crippen LogP) is 2.49. The number of ether oxygens (including phenoxy) is 1. The van der Waals surface area contributed by atoms with Crippen LogP contribution in [-0.4, -0.2) is 47.1 Å². The SMILES string of the molecule is CCOC(=O)C1SCC[S+]1Cc1ccccc1.O=S(=O)([O-])C(F)(F)F. The fourth-order valence-corrected chi connectivity index (χ4v) is 6.50. The van der Waals surface area contributed by atoms with Gasteiger partial charge >= 0.3 is 11.5 Å². The van der Waals surface area contributed by atoms with Crippen molar-refractivity contribution < 1.29 is 35.7 Å². The van der Waals surface area contributed by atoms with Crippen molar-refractivity contribution >= 4 is 38.7 Å². The monoisotopic (exact) mass is 418 g/mol. The van der Waals surface area contributed by atoms with E-state index in [1.165, 1.54) is 5.56 Å². The highest BCUT2D eigenvalue weighted by Gasteiger charge is 2.43. The van der Waals surface area contributed by atoms with Crippen LogP contribution in [0.5, 0.6) is 0 Å². The van der Waals surface area contributed by atoms with Crippen LogP contribution in [0.4, 0.5) is 13.2 Å². The molecule has 1 fully saturated rings. The summed E-state index contributed by atoms with van der Waals surface area (Å²) in [5.74, 6) is 3.22. The van der Waals surface area contributed by atoms with Gasteiger partial charge in [-0.05, 0) is 6.92 Å². The molecule has 1 aromatic rings. The van der Waals surface area contributed by atoms with E-state index in [1.54, 1.807) is 11.8 Å². The van der Waals surface area contributed by atoms with E-state index in [9.17, 15) is 18.0 Å². The highest BCUT2D eigenvalue weighted by molar-refractivity contribution is 8.19. The van der Waals surface area contributed by atoms with E-state index in [1.807, 2.05) is 13.0 Å². The van der Waals surface area contributed by atoms with Crippen molar-refractivity contribution in [2.24, 2.45) is 0 Å². The Labute approximate surface area is 151 Å². The zero-order valence-electron chi connectivity index (χ0n) is 13.2. The molecule has 1 aromatic carbocycles. The third-order valence-corrected chi connectivity index (χ3v) is 8.09. The summed E-state index contributed by atoms with van der Waals surface area (Å²) >= 11 is 1.76. The second-order valence-electron chi connectivity index (χ2n) is 4.73. The summed E-state index contributed by atoms with van der Waals surface area (Å²) in [7, 11) is -5.95. The summed E-state index contributed by atoms with van der Waals surface area (Å²) in [6, 6.07) is 10.4. The molecule has 0 spiro atoms. The van der Waals surface area contributed by atoms with Gasteiger partial charge in [-0.15, -0.1) is 0 Å². The second-order valence-corrected chi connectivity index (χ2v) is 9.85. The van der Waals surface area contributed by atoms with Crippen molar-refractivity contribution in [1.29, 1.82) is 0 Å². The molecular weight excluding hydrogens is 401 g/mol. The second kappa shape index (κ2) is 9.70. The van der Waals surface area contributed by atoms with E-state index < -0.39 is 15.6 Å². The van der Waals surface area contributed by atoms with Crippen molar-refractivity contribution in [2.45, 2.75) is 22.8 Å². The van der Waals surface area contributed by atoms with Crippen LogP contribution in [0.15, 0.2) is 30.3 Å². The Morgan fingerprint density at radius 1 is 1.36 bits per heavy atom. The summed E-state index contributed by atoms with van der Waals surface area (Å²) in [4.78, 5) is 11.8. The fraction of sp³-hybridized carbons (Fsp3) is 0.500. The smallest absolute Gasteiger partial charge is 0.485 e. The van der Waals surface area contributed by atoms with Crippen molar-refractivity contribution in [1.82, 2.24) is 0 Å². The minimum absolute atomic E-state index is 0.0192. The minimum Gasteiger partial charge on any atom is -0.741 e. The van der Waals surface area contributed by atoms with E-state index in [0.29, 0.717) is 6.61 Å². The number of rotatable bonds is 4. The maximum absolute atomic E-state index is 11.8. The van der Waals surface area contributed by atoms with Crippen molar-refractivity contribution in [2.75, 3.05) is 18.1 Å². The van der Waals surface area contributed by atoms with Gasteiger partial charge in [0.15, 0.2) is 10.1 Å². The molecule has 142 valence electrons. The number of halogens is 3. The van der Waals surface area contributed by atoms with Crippen LogP contribution >= 0.6 is 11.8 Å². The number of thioether (sulfide) groups is 1. The van der Waals surface area contributed by atoms with Crippen LogP contribution in [0.1, 0.15) is 12.5 Å². The van der Waals surface area contributed by atoms with Gasteiger partial charge in [0.05, 0.1) is 6.61 Å². The van der Waals surface area contributed by atoms with Crippen LogP contribution in [0.2, 0.25) is 0 Å². The molecule has 2 atom stereocenters. The first-order valence-corrected chi connectivity index (χ1v) is 11.1. The average molecular weight is 418 g/mol. The first-order chi connectivity index (χ1) is 11.6. The third-order valence-electron chi connectivity index (χ3n) is 2.87. The van der Waals surface area contributed by atoms with Crippen LogP contribution in [0.3, 0.4) is 0 Å². The molecule has 1 aliphatic rings. The first kappa shape index (κ1) is 22.1. The van der Waals surface area contributed by atoms with E-state index in [4.69, 9.17) is 17.7 Å². The number of carbonyl (C=O) groups excluding carboxylic acids is 1. The number of hydrogen-bond acceptors (Lipinski definition) is 6. The zero-order valence-corrected chi connectivity index (χ0v) is 15.6. The Hall–Kier alpha value is -0.910. The lowest BCUT2D eigenvalue weighted by atomic mass is 10.2. The molecule has 0 amide bonds. The molecule has 0 radical (unpaired) electrons. The molecule has 0 aliphatic carbocycles. The number of esters is 1. The van der Waals surface area contributed by atoms with Crippen LogP contribution in [-0.2, 0) is 36.3 Å². The molecule has 0 aromatic heterocycles. The van der Waals surface area contributed by atoms with E-state index in [-0.39, 0.29) is 21.4 Å². The summed E-state index contributed by atoms with van der Waals surface area (Å²) in [5.41, 5.74) is -4.32. The number of benzene rings is 1. The Balaban J connectivity index is 0.000000333. The summed E-state index contributed by atoms with van der Waals surface area (Å²) in [5, 5.41) is 0. The van der Waals surface area contributed by atoms with E-state index in [2.05, 4.69) is 24.3 Å². The van der Waals surface area contributed by atoms with Crippen LogP contribution < -0.4 is 0 Å². The van der Waals surface area contributed by atoms with Crippen LogP contribution in [0.25, 0.3) is 0 Å². The quantitative estimate of drug-likeness (QED) is 0.323. The summed E-state index contributed by atoms with van der Waals surface area (Å²) in [6.45, 7) is 2.35. The zero-order chi connectivity index (χ0) is 19.1. The normalized spacial score (nSPS) is 20.5. The topological polar surface area (TPSA) is 83.5 Å². The molecule has 0 saturated carbocycles. The molecule has 25 heavy (non-hydrogen) atoms. The van der Waals surface area contributed by atoms with Crippen LogP contribution in [0, 0.1) is 0 Å². The van der Waals surface area contributed by atoms with Gasteiger partial charge in [0, 0.05) is 22.2 Å². The number of alkyl halides is 3. The maximum Gasteiger partial charge on any atom is 0.485 e. The third kappa shape index (κ3) is 7.47. The number of carbonyl (C=O) groups is 1. The molecule has 0 bridgehead atoms. The van der Waals surface area contributed by atoms with Gasteiger partial charge in [-0.2, -0.15) is 13.2 Å². The molecule has 1 saturated heterocycles. The summed E-state index contributed by atoms with van der Waals surface area (Å²) < 4.78 is 64.1.